The number of carbonyl (C=O) groups is 2. The third-order valence-electron chi connectivity index (χ3n) is 5.80. The molecule has 0 unspecified atom stereocenters. The average Bonchev–Trinajstić information content (AvgIpc) is 3.17. The fourth-order valence-corrected chi connectivity index (χ4v) is 4.28. The van der Waals surface area contributed by atoms with Gasteiger partial charge in [-0.25, -0.2) is 4.39 Å². The standard InChI is InChI=1S/C24H29FN2O3/c1-26(2)23(29)24(13-14-27(17-24)22(28)12-15-30-3)16-18-8-4-5-9-19(18)20-10-6-7-11-21(20)25/h4-11H,12-17H2,1-3H3/t24-/m1/s1. The lowest BCUT2D eigenvalue weighted by Crippen LogP contribution is -2.44. The Hall–Kier alpha value is -2.73. The van der Waals surface area contributed by atoms with Crippen LogP contribution in [0.5, 0.6) is 0 Å². The lowest BCUT2D eigenvalue weighted by molar-refractivity contribution is -0.139. The van der Waals surface area contributed by atoms with Crippen LogP contribution in [0.25, 0.3) is 11.1 Å². The maximum atomic E-state index is 14.5. The molecular formula is C24H29FN2O3. The molecular weight excluding hydrogens is 383 g/mol. The van der Waals surface area contributed by atoms with E-state index in [1.807, 2.05) is 30.3 Å². The molecule has 2 aromatic carbocycles. The molecule has 1 heterocycles. The first-order valence-electron chi connectivity index (χ1n) is 10.2. The Bertz CT molecular complexity index is 915. The first-order valence-corrected chi connectivity index (χ1v) is 10.2. The molecule has 30 heavy (non-hydrogen) atoms. The van der Waals surface area contributed by atoms with Crippen molar-refractivity contribution >= 4 is 11.8 Å². The van der Waals surface area contributed by atoms with Crippen LogP contribution in [-0.4, -0.2) is 62.5 Å². The van der Waals surface area contributed by atoms with E-state index in [0.717, 1.165) is 11.1 Å². The number of nitrogens with zero attached hydrogens (tertiary/aromatic N) is 2. The van der Waals surface area contributed by atoms with E-state index >= 15 is 0 Å². The Morgan fingerprint density at radius 1 is 1.10 bits per heavy atom. The monoisotopic (exact) mass is 412 g/mol. The van der Waals surface area contributed by atoms with Gasteiger partial charge in [0.05, 0.1) is 18.4 Å². The molecule has 2 amide bonds. The molecule has 0 aliphatic carbocycles. The lowest BCUT2D eigenvalue weighted by Gasteiger charge is -2.32. The zero-order valence-corrected chi connectivity index (χ0v) is 17.9. The summed E-state index contributed by atoms with van der Waals surface area (Å²) in [7, 11) is 5.04. The van der Waals surface area contributed by atoms with Gasteiger partial charge in [-0.15, -0.1) is 0 Å². The van der Waals surface area contributed by atoms with Crippen LogP contribution in [0.2, 0.25) is 0 Å². The van der Waals surface area contributed by atoms with E-state index in [2.05, 4.69) is 0 Å². The van der Waals surface area contributed by atoms with Crippen LogP contribution in [0, 0.1) is 11.2 Å². The van der Waals surface area contributed by atoms with E-state index in [1.165, 1.54) is 6.07 Å². The lowest BCUT2D eigenvalue weighted by atomic mass is 9.77. The maximum Gasteiger partial charge on any atom is 0.230 e. The van der Waals surface area contributed by atoms with Gasteiger partial charge in [0.1, 0.15) is 5.82 Å². The van der Waals surface area contributed by atoms with Gasteiger partial charge in [-0.2, -0.15) is 0 Å². The number of ether oxygens (including phenoxy) is 1. The fraction of sp³-hybridized carbons (Fsp3) is 0.417. The molecule has 0 aromatic heterocycles. The molecule has 6 heteroatoms. The number of amides is 2. The van der Waals surface area contributed by atoms with Gasteiger partial charge in [-0.05, 0) is 30.0 Å². The van der Waals surface area contributed by atoms with E-state index < -0.39 is 5.41 Å². The zero-order chi connectivity index (χ0) is 21.7. The third-order valence-corrected chi connectivity index (χ3v) is 5.80. The Morgan fingerprint density at radius 2 is 1.77 bits per heavy atom. The van der Waals surface area contributed by atoms with Gasteiger partial charge in [0, 0.05) is 39.9 Å². The van der Waals surface area contributed by atoms with Gasteiger partial charge in [0.25, 0.3) is 0 Å². The van der Waals surface area contributed by atoms with E-state index in [9.17, 15) is 14.0 Å². The normalized spacial score (nSPS) is 18.5. The quantitative estimate of drug-likeness (QED) is 0.701. The summed E-state index contributed by atoms with van der Waals surface area (Å²) in [5.41, 5.74) is 1.48. The summed E-state index contributed by atoms with van der Waals surface area (Å²) in [6.45, 7) is 1.25. The Labute approximate surface area is 177 Å². The fourth-order valence-electron chi connectivity index (χ4n) is 4.28. The van der Waals surface area contributed by atoms with Gasteiger partial charge in [-0.3, -0.25) is 9.59 Å². The predicted molar refractivity (Wildman–Crippen MR) is 114 cm³/mol. The number of methoxy groups -OCH3 is 1. The largest absolute Gasteiger partial charge is 0.384 e. The summed E-state index contributed by atoms with van der Waals surface area (Å²) < 4.78 is 19.5. The molecule has 0 spiro atoms. The first kappa shape index (κ1) is 22.0. The van der Waals surface area contributed by atoms with Crippen molar-refractivity contribution < 1.29 is 18.7 Å². The molecule has 3 rings (SSSR count). The smallest absolute Gasteiger partial charge is 0.230 e. The minimum atomic E-state index is -0.729. The second kappa shape index (κ2) is 9.39. The first-order chi connectivity index (χ1) is 14.4. The summed E-state index contributed by atoms with van der Waals surface area (Å²) in [5, 5.41) is 0. The number of hydrogen-bond acceptors (Lipinski definition) is 3. The molecule has 160 valence electrons. The summed E-state index contributed by atoms with van der Waals surface area (Å²) in [5.74, 6) is -0.304. The van der Waals surface area contributed by atoms with E-state index in [-0.39, 0.29) is 17.6 Å². The molecule has 0 radical (unpaired) electrons. The minimum Gasteiger partial charge on any atom is -0.384 e. The highest BCUT2D eigenvalue weighted by Crippen LogP contribution is 2.39. The van der Waals surface area contributed by atoms with Crippen LogP contribution in [0.3, 0.4) is 0 Å². The van der Waals surface area contributed by atoms with Crippen LogP contribution >= 0.6 is 0 Å². The highest BCUT2D eigenvalue weighted by atomic mass is 19.1. The van der Waals surface area contributed by atoms with Gasteiger partial charge < -0.3 is 14.5 Å². The van der Waals surface area contributed by atoms with Crippen molar-refractivity contribution in [1.82, 2.24) is 9.80 Å². The number of likely N-dealkylation sites (tertiary alicyclic amines) is 1. The van der Waals surface area contributed by atoms with Gasteiger partial charge in [-0.1, -0.05) is 42.5 Å². The van der Waals surface area contributed by atoms with Crippen LogP contribution in [-0.2, 0) is 20.7 Å². The molecule has 1 atom stereocenters. The number of benzene rings is 2. The number of rotatable bonds is 7. The van der Waals surface area contributed by atoms with Crippen molar-refractivity contribution in [3.63, 3.8) is 0 Å². The van der Waals surface area contributed by atoms with Crippen molar-refractivity contribution in [3.8, 4) is 11.1 Å². The van der Waals surface area contributed by atoms with Gasteiger partial charge >= 0.3 is 0 Å². The molecule has 1 aliphatic rings. The Balaban J connectivity index is 1.94. The molecule has 5 nitrogen and oxygen atoms in total. The molecule has 0 saturated carbocycles. The second-order valence-electron chi connectivity index (χ2n) is 8.10. The Morgan fingerprint density at radius 3 is 2.43 bits per heavy atom. The Kier molecular flexibility index (Phi) is 6.87. The highest BCUT2D eigenvalue weighted by Gasteiger charge is 2.46. The molecule has 0 N–H and O–H groups in total. The van der Waals surface area contributed by atoms with Gasteiger partial charge in [0.15, 0.2) is 0 Å². The zero-order valence-electron chi connectivity index (χ0n) is 17.9. The third kappa shape index (κ3) is 4.54. The van der Waals surface area contributed by atoms with Crippen molar-refractivity contribution in [2.75, 3.05) is 40.9 Å². The van der Waals surface area contributed by atoms with E-state index in [0.29, 0.717) is 44.5 Å². The van der Waals surface area contributed by atoms with E-state index in [4.69, 9.17) is 4.74 Å². The number of carbonyl (C=O) groups excluding carboxylic acids is 2. The topological polar surface area (TPSA) is 49.9 Å². The van der Waals surface area contributed by atoms with Crippen LogP contribution in [0.15, 0.2) is 48.5 Å². The number of hydrogen-bond donors (Lipinski definition) is 0. The minimum absolute atomic E-state index is 0.00659. The predicted octanol–water partition coefficient (Wildman–Crippen LogP) is 3.38. The van der Waals surface area contributed by atoms with Gasteiger partial charge in [0.2, 0.25) is 11.8 Å². The summed E-state index contributed by atoms with van der Waals surface area (Å²) in [6, 6.07) is 14.3. The average molecular weight is 413 g/mol. The summed E-state index contributed by atoms with van der Waals surface area (Å²) >= 11 is 0. The van der Waals surface area contributed by atoms with Crippen LogP contribution < -0.4 is 0 Å². The summed E-state index contributed by atoms with van der Waals surface area (Å²) in [6.07, 6.45) is 1.32. The van der Waals surface area contributed by atoms with Crippen molar-refractivity contribution in [3.05, 3.63) is 59.9 Å². The van der Waals surface area contributed by atoms with Crippen LogP contribution in [0.1, 0.15) is 18.4 Å². The molecule has 2 aromatic rings. The van der Waals surface area contributed by atoms with Crippen molar-refractivity contribution in [1.29, 1.82) is 0 Å². The van der Waals surface area contributed by atoms with E-state index in [1.54, 1.807) is 43.1 Å². The van der Waals surface area contributed by atoms with Crippen molar-refractivity contribution in [2.24, 2.45) is 5.41 Å². The molecule has 1 fully saturated rings. The van der Waals surface area contributed by atoms with Crippen molar-refractivity contribution in [2.45, 2.75) is 19.3 Å². The molecule has 0 bridgehead atoms. The maximum absolute atomic E-state index is 14.5. The SMILES string of the molecule is COCCC(=O)N1CC[C@](Cc2ccccc2-c2ccccc2F)(C(=O)N(C)C)C1. The van der Waals surface area contributed by atoms with Crippen LogP contribution in [0.4, 0.5) is 4.39 Å². The molecule has 1 aliphatic heterocycles. The highest BCUT2D eigenvalue weighted by molar-refractivity contribution is 5.86. The second-order valence-corrected chi connectivity index (χ2v) is 8.10. The summed E-state index contributed by atoms with van der Waals surface area (Å²) in [4.78, 5) is 29.1. The number of halogens is 1. The molecule has 1 saturated heterocycles.